The van der Waals surface area contributed by atoms with E-state index >= 15 is 0 Å². The van der Waals surface area contributed by atoms with Crippen LogP contribution in [0.15, 0.2) is 24.3 Å². The lowest BCUT2D eigenvalue weighted by atomic mass is 9.59. The molecule has 8 heteroatoms. The molecule has 34 heavy (non-hydrogen) atoms. The minimum absolute atomic E-state index is 0.111. The Hall–Kier alpha value is -2.61. The van der Waals surface area contributed by atoms with Crippen molar-refractivity contribution in [1.29, 1.82) is 0 Å². The predicted octanol–water partition coefficient (Wildman–Crippen LogP) is 4.38. The molecule has 0 radical (unpaired) electrons. The molecule has 2 heterocycles. The molecule has 5 rings (SSSR count). The van der Waals surface area contributed by atoms with Crippen molar-refractivity contribution in [2.45, 2.75) is 63.9 Å². The molecular weight excluding hydrogens is 438 g/mol. The van der Waals surface area contributed by atoms with Gasteiger partial charge in [0.25, 0.3) is 0 Å². The Morgan fingerprint density at radius 2 is 2.00 bits per heavy atom. The van der Waals surface area contributed by atoms with E-state index in [1.165, 1.54) is 18.2 Å². The van der Waals surface area contributed by atoms with Gasteiger partial charge in [0.2, 0.25) is 0 Å². The van der Waals surface area contributed by atoms with Gasteiger partial charge < -0.3 is 15.3 Å². The van der Waals surface area contributed by atoms with Gasteiger partial charge in [-0.05, 0) is 73.6 Å². The molecule has 2 bridgehead atoms. The number of nitrogens with zero attached hydrogens (tertiary/aromatic N) is 3. The third-order valence-corrected chi connectivity index (χ3v) is 8.64. The van der Waals surface area contributed by atoms with Crippen LogP contribution in [0.4, 0.5) is 13.6 Å². The molecule has 1 aromatic carbocycles. The average Bonchev–Trinajstić information content (AvgIpc) is 3.18. The van der Waals surface area contributed by atoms with Crippen LogP contribution in [-0.4, -0.2) is 52.0 Å². The highest BCUT2D eigenvalue weighted by Crippen LogP contribution is 2.70. The normalized spacial score (nSPS) is 28.0. The summed E-state index contributed by atoms with van der Waals surface area (Å²) in [5.41, 5.74) is 1.72. The summed E-state index contributed by atoms with van der Waals surface area (Å²) in [6.45, 7) is 7.71. The van der Waals surface area contributed by atoms with E-state index in [9.17, 15) is 18.7 Å². The molecule has 2 aromatic rings. The molecule has 2 amide bonds. The van der Waals surface area contributed by atoms with E-state index in [0.29, 0.717) is 13.1 Å². The number of benzene rings is 1. The third kappa shape index (κ3) is 3.33. The number of halogens is 2. The Balaban J connectivity index is 1.50. The first kappa shape index (κ1) is 23.1. The van der Waals surface area contributed by atoms with Crippen molar-refractivity contribution in [3.05, 3.63) is 47.2 Å². The molecule has 182 valence electrons. The van der Waals surface area contributed by atoms with E-state index in [1.807, 2.05) is 11.0 Å². The highest BCUT2D eigenvalue weighted by atomic mass is 19.1. The number of carbonyl (C=O) groups excluding carboxylic acids is 1. The van der Waals surface area contributed by atoms with E-state index in [2.05, 4.69) is 29.4 Å². The van der Waals surface area contributed by atoms with Gasteiger partial charge in [-0.2, -0.15) is 10.2 Å². The highest BCUT2D eigenvalue weighted by molar-refractivity contribution is 5.74. The Bertz CT molecular complexity index is 1100. The zero-order chi connectivity index (χ0) is 24.3. The van der Waals surface area contributed by atoms with Crippen LogP contribution in [-0.2, 0) is 5.41 Å². The number of aromatic nitrogens is 2. The van der Waals surface area contributed by atoms with Gasteiger partial charge in [-0.3, -0.25) is 0 Å². The van der Waals surface area contributed by atoms with Crippen LogP contribution >= 0.6 is 0 Å². The molecule has 3 aliphatic rings. The van der Waals surface area contributed by atoms with Crippen molar-refractivity contribution >= 4 is 6.03 Å². The molecule has 0 spiro atoms. The number of urea groups is 1. The second-order valence-corrected chi connectivity index (χ2v) is 10.7. The van der Waals surface area contributed by atoms with Gasteiger partial charge in [0.1, 0.15) is 11.6 Å². The van der Waals surface area contributed by atoms with Crippen LogP contribution in [0.3, 0.4) is 0 Å². The lowest BCUT2D eigenvalue weighted by Gasteiger charge is -2.48. The number of aliphatic hydroxyl groups excluding tert-OH is 1. The van der Waals surface area contributed by atoms with Gasteiger partial charge in [0.05, 0.1) is 23.1 Å². The fourth-order valence-electron chi connectivity index (χ4n) is 7.05. The minimum Gasteiger partial charge on any atom is -0.392 e. The molecule has 1 saturated heterocycles. The molecule has 1 aromatic heterocycles. The Labute approximate surface area is 198 Å². The lowest BCUT2D eigenvalue weighted by molar-refractivity contribution is 0.0669. The Morgan fingerprint density at radius 3 is 2.71 bits per heavy atom. The lowest BCUT2D eigenvalue weighted by Crippen LogP contribution is -2.53. The fraction of sp³-hybridized carbons (Fsp3) is 0.577. The largest absolute Gasteiger partial charge is 0.392 e. The van der Waals surface area contributed by atoms with Crippen molar-refractivity contribution in [2.75, 3.05) is 19.6 Å². The van der Waals surface area contributed by atoms with Crippen molar-refractivity contribution in [1.82, 2.24) is 20.4 Å². The number of fused-ring (bicyclic) bond motifs is 5. The maximum atomic E-state index is 14.5. The quantitative estimate of drug-likeness (QED) is 0.695. The molecule has 6 nitrogen and oxygen atoms in total. The van der Waals surface area contributed by atoms with Crippen LogP contribution < -0.4 is 5.32 Å². The number of rotatable bonds is 4. The number of piperidine rings is 1. The summed E-state index contributed by atoms with van der Waals surface area (Å²) in [7, 11) is 0. The summed E-state index contributed by atoms with van der Waals surface area (Å²) >= 11 is 0. The van der Waals surface area contributed by atoms with E-state index < -0.39 is 17.7 Å². The third-order valence-electron chi connectivity index (χ3n) is 8.64. The number of nitrogens with one attached hydrogen (secondary N) is 1. The monoisotopic (exact) mass is 470 g/mol. The second kappa shape index (κ2) is 8.26. The number of hydrogen-bond donors (Lipinski definition) is 2. The minimum atomic E-state index is -0.641. The van der Waals surface area contributed by atoms with E-state index in [-0.39, 0.29) is 46.5 Å². The first-order valence-electron chi connectivity index (χ1n) is 12.2. The van der Waals surface area contributed by atoms with Gasteiger partial charge in [-0.25, -0.2) is 13.6 Å². The fourth-order valence-corrected chi connectivity index (χ4v) is 7.05. The highest BCUT2D eigenvalue weighted by Gasteiger charge is 2.66. The summed E-state index contributed by atoms with van der Waals surface area (Å²) in [6, 6.07) is 5.52. The standard InChI is InChI=1S/C26H32F2N4O2/c1-15(33)13-29-24(34)32-11-5-6-16(14-32)26-10-9-18(25(26,2)3)17-12-21(30-31-23(17)26)22-19(27)7-4-8-20(22)28/h4,7-8,12,15-16,18,33H,5-6,9-11,13-14H2,1-3H3,(H,29,34)/t15-,16+,18+,26+/m1/s1. The molecule has 0 unspecified atom stereocenters. The molecule has 2 aliphatic carbocycles. The van der Waals surface area contributed by atoms with Crippen molar-refractivity contribution < 1.29 is 18.7 Å². The van der Waals surface area contributed by atoms with E-state index in [4.69, 9.17) is 0 Å². The maximum absolute atomic E-state index is 14.5. The van der Waals surface area contributed by atoms with Crippen LogP contribution in [0.5, 0.6) is 0 Å². The van der Waals surface area contributed by atoms with Crippen molar-refractivity contribution in [3.63, 3.8) is 0 Å². The van der Waals surface area contributed by atoms with Gasteiger partial charge in [0, 0.05) is 25.0 Å². The Morgan fingerprint density at radius 1 is 1.26 bits per heavy atom. The second-order valence-electron chi connectivity index (χ2n) is 10.7. The molecule has 4 atom stereocenters. The summed E-state index contributed by atoms with van der Waals surface area (Å²) in [6.07, 6.45) is 3.24. The molecular formula is C26H32F2N4O2. The van der Waals surface area contributed by atoms with Crippen LogP contribution in [0.25, 0.3) is 11.3 Å². The van der Waals surface area contributed by atoms with E-state index in [1.54, 1.807) is 6.92 Å². The topological polar surface area (TPSA) is 78.4 Å². The number of amides is 2. The summed E-state index contributed by atoms with van der Waals surface area (Å²) in [5, 5.41) is 21.3. The first-order valence-corrected chi connectivity index (χ1v) is 12.2. The number of hydrogen-bond acceptors (Lipinski definition) is 4. The van der Waals surface area contributed by atoms with Gasteiger partial charge in [0.15, 0.2) is 0 Å². The van der Waals surface area contributed by atoms with Gasteiger partial charge >= 0.3 is 6.03 Å². The molecule has 2 fully saturated rings. The van der Waals surface area contributed by atoms with E-state index in [0.717, 1.165) is 36.9 Å². The average molecular weight is 471 g/mol. The predicted molar refractivity (Wildman–Crippen MR) is 124 cm³/mol. The van der Waals surface area contributed by atoms with Crippen LogP contribution in [0.2, 0.25) is 0 Å². The number of aliphatic hydroxyl groups is 1. The SMILES string of the molecule is C[C@@H](O)CNC(=O)N1CCC[C@H]([C@@]23CC[C@@H](c4cc(-c5c(F)cccc5F)nnc42)C3(C)C)C1. The summed E-state index contributed by atoms with van der Waals surface area (Å²) < 4.78 is 28.9. The molecule has 2 N–H and O–H groups in total. The van der Waals surface area contributed by atoms with Crippen molar-refractivity contribution in [3.8, 4) is 11.3 Å². The maximum Gasteiger partial charge on any atom is 0.317 e. The molecule has 1 saturated carbocycles. The van der Waals surface area contributed by atoms with Crippen LogP contribution in [0, 0.1) is 23.0 Å². The summed E-state index contributed by atoms with van der Waals surface area (Å²) in [5.74, 6) is -0.841. The zero-order valence-corrected chi connectivity index (χ0v) is 19.9. The van der Waals surface area contributed by atoms with Gasteiger partial charge in [-0.15, -0.1) is 0 Å². The smallest absolute Gasteiger partial charge is 0.317 e. The summed E-state index contributed by atoms with van der Waals surface area (Å²) in [4.78, 5) is 14.6. The van der Waals surface area contributed by atoms with Gasteiger partial charge in [-0.1, -0.05) is 19.9 Å². The zero-order valence-electron chi connectivity index (χ0n) is 19.9. The van der Waals surface area contributed by atoms with Crippen molar-refractivity contribution in [2.24, 2.45) is 11.3 Å². The van der Waals surface area contributed by atoms with Crippen LogP contribution in [0.1, 0.15) is 63.6 Å². The first-order chi connectivity index (χ1) is 16.2. The number of likely N-dealkylation sites (tertiary alicyclic amines) is 1. The number of carbonyl (C=O) groups is 1. The molecule has 1 aliphatic heterocycles. The Kier molecular flexibility index (Phi) is 5.62.